The number of benzene rings is 2. The number of ketones is 1. The van der Waals surface area contributed by atoms with Crippen molar-refractivity contribution in [1.29, 1.82) is 0 Å². The molecule has 1 N–H and O–H groups in total. The zero-order valence-electron chi connectivity index (χ0n) is 17.7. The van der Waals surface area contributed by atoms with E-state index in [0.717, 1.165) is 28.5 Å². The number of Topliss-reactive ketones (excluding diaryl/α,β-unsaturated/α-hetero) is 1. The number of hydrogen-bond donors (Lipinski definition) is 1. The van der Waals surface area contributed by atoms with Crippen molar-refractivity contribution in [1.82, 2.24) is 9.13 Å². The van der Waals surface area contributed by atoms with Gasteiger partial charge in [-0.1, -0.05) is 61.9 Å². The molecule has 2 heterocycles. The maximum Gasteiger partial charge on any atom is 0.332 e. The lowest BCUT2D eigenvalue weighted by molar-refractivity contribution is 0.103. The monoisotopic (exact) mass is 413 g/mol. The lowest BCUT2D eigenvalue weighted by Crippen LogP contribution is -2.42. The number of hydrogen-bond acceptors (Lipinski definition) is 4. The fraction of sp³-hybridized carbons (Fsp3) is 0.240. The summed E-state index contributed by atoms with van der Waals surface area (Å²) in [5.74, 6) is -0.186. The van der Waals surface area contributed by atoms with Gasteiger partial charge in [-0.3, -0.25) is 18.7 Å². The van der Waals surface area contributed by atoms with Gasteiger partial charge in [0.15, 0.2) is 5.78 Å². The minimum Gasteiger partial charge on any atom is -0.340 e. The third-order valence-corrected chi connectivity index (χ3v) is 6.33. The fourth-order valence-electron chi connectivity index (χ4n) is 4.76. The lowest BCUT2D eigenvalue weighted by atomic mass is 9.81. The molecule has 0 radical (unpaired) electrons. The fourth-order valence-corrected chi connectivity index (χ4v) is 4.76. The molecule has 0 fully saturated rings. The van der Waals surface area contributed by atoms with Crippen LogP contribution in [-0.4, -0.2) is 14.9 Å². The number of allylic oxidation sites excluding steroid dienone is 1. The summed E-state index contributed by atoms with van der Waals surface area (Å²) in [7, 11) is 3.12. The highest BCUT2D eigenvalue weighted by Crippen LogP contribution is 2.47. The molecule has 5 rings (SSSR count). The van der Waals surface area contributed by atoms with Crippen molar-refractivity contribution in [3.63, 3.8) is 0 Å². The van der Waals surface area contributed by atoms with E-state index in [1.165, 1.54) is 17.2 Å². The second-order valence-corrected chi connectivity index (χ2v) is 8.18. The van der Waals surface area contributed by atoms with Crippen LogP contribution in [0.25, 0.3) is 5.70 Å². The van der Waals surface area contributed by atoms with Gasteiger partial charge in [-0.2, -0.15) is 0 Å². The molecule has 1 aliphatic heterocycles. The molecule has 2 aliphatic rings. The molecule has 0 saturated heterocycles. The van der Waals surface area contributed by atoms with E-state index < -0.39 is 11.6 Å². The van der Waals surface area contributed by atoms with Gasteiger partial charge in [0.05, 0.1) is 11.3 Å². The number of aromatic nitrogens is 2. The normalized spacial score (nSPS) is 16.6. The van der Waals surface area contributed by atoms with Gasteiger partial charge in [0.2, 0.25) is 0 Å². The average Bonchev–Trinajstić information content (AvgIpc) is 3.08. The quantitative estimate of drug-likeness (QED) is 0.716. The van der Waals surface area contributed by atoms with Crippen molar-refractivity contribution in [3.05, 3.63) is 103 Å². The number of fused-ring (bicyclic) bond motifs is 3. The highest BCUT2D eigenvalue weighted by molar-refractivity contribution is 6.23. The Kier molecular flexibility index (Phi) is 4.32. The summed E-state index contributed by atoms with van der Waals surface area (Å²) < 4.78 is 2.56. The van der Waals surface area contributed by atoms with Gasteiger partial charge >= 0.3 is 5.69 Å². The predicted molar refractivity (Wildman–Crippen MR) is 121 cm³/mol. The minimum atomic E-state index is -0.549. The van der Waals surface area contributed by atoms with Crippen molar-refractivity contribution < 1.29 is 4.79 Å². The van der Waals surface area contributed by atoms with Crippen molar-refractivity contribution in [3.8, 4) is 0 Å². The molecule has 31 heavy (non-hydrogen) atoms. The Bertz CT molecular complexity index is 1390. The Morgan fingerprint density at radius 1 is 0.903 bits per heavy atom. The number of carbonyl (C=O) groups excluding carboxylic acids is 1. The second kappa shape index (κ2) is 6.94. The summed E-state index contributed by atoms with van der Waals surface area (Å²) in [5, 5.41) is 3.26. The van der Waals surface area contributed by atoms with Crippen LogP contribution in [0.2, 0.25) is 0 Å². The van der Waals surface area contributed by atoms with Gasteiger partial charge in [0.1, 0.15) is 5.82 Å². The Morgan fingerprint density at radius 2 is 1.58 bits per heavy atom. The molecule has 0 saturated carbocycles. The second-order valence-electron chi connectivity index (χ2n) is 8.18. The maximum atomic E-state index is 13.5. The molecule has 0 unspecified atom stereocenters. The van der Waals surface area contributed by atoms with Crippen molar-refractivity contribution in [2.24, 2.45) is 14.1 Å². The summed E-state index contributed by atoms with van der Waals surface area (Å²) >= 11 is 0. The first kappa shape index (κ1) is 19.3. The summed E-state index contributed by atoms with van der Waals surface area (Å²) in [6.45, 7) is 2.13. The van der Waals surface area contributed by atoms with Crippen LogP contribution in [0, 0.1) is 0 Å². The molecule has 0 spiro atoms. The van der Waals surface area contributed by atoms with Crippen LogP contribution >= 0.6 is 0 Å². The van der Waals surface area contributed by atoms with Gasteiger partial charge in [0.25, 0.3) is 5.56 Å². The zero-order chi connectivity index (χ0) is 21.9. The van der Waals surface area contributed by atoms with E-state index in [-0.39, 0.29) is 11.3 Å². The van der Waals surface area contributed by atoms with Crippen LogP contribution in [0.15, 0.2) is 63.7 Å². The number of anilines is 1. The first-order valence-electron chi connectivity index (χ1n) is 10.5. The molecule has 0 amide bonds. The number of nitrogens with one attached hydrogen (secondary N) is 1. The molecule has 2 aromatic carbocycles. The highest BCUT2D eigenvalue weighted by atomic mass is 16.2. The van der Waals surface area contributed by atoms with Crippen LogP contribution in [0.1, 0.15) is 51.9 Å². The smallest absolute Gasteiger partial charge is 0.332 e. The minimum absolute atomic E-state index is 0.0812. The number of aryl methyl sites for hydroxylation is 1. The molecule has 0 bridgehead atoms. The first-order valence-corrected chi connectivity index (χ1v) is 10.5. The molecule has 1 aromatic heterocycles. The standard InChI is InChI=1S/C25H23N3O3/c1-4-7-14-10-12-15(13-11-14)18-19-21(16-8-5-6-9-17(16)22(19)29)26-23-20(18)24(30)28(3)25(31)27(23)2/h5-6,8-13,18,26H,4,7H2,1-3H3/t18-/m0/s1. The molecule has 6 nitrogen and oxygen atoms in total. The van der Waals surface area contributed by atoms with Crippen LogP contribution in [0.3, 0.4) is 0 Å². The number of nitrogens with zero attached hydrogens (tertiary/aromatic N) is 2. The molecule has 1 atom stereocenters. The topological polar surface area (TPSA) is 73.1 Å². The maximum absolute atomic E-state index is 13.5. The van der Waals surface area contributed by atoms with Crippen molar-refractivity contribution >= 4 is 17.3 Å². The Labute approximate surface area is 179 Å². The van der Waals surface area contributed by atoms with Crippen LogP contribution in [0.4, 0.5) is 5.82 Å². The van der Waals surface area contributed by atoms with E-state index in [0.29, 0.717) is 28.2 Å². The van der Waals surface area contributed by atoms with E-state index in [1.54, 1.807) is 13.1 Å². The molecule has 3 aromatic rings. The van der Waals surface area contributed by atoms with E-state index in [2.05, 4.69) is 24.4 Å². The first-order chi connectivity index (χ1) is 14.9. The summed E-state index contributed by atoms with van der Waals surface area (Å²) in [5.41, 5.74) is 4.37. The lowest BCUT2D eigenvalue weighted by Gasteiger charge is -2.29. The van der Waals surface area contributed by atoms with Crippen molar-refractivity contribution in [2.75, 3.05) is 5.32 Å². The van der Waals surface area contributed by atoms with Crippen LogP contribution in [-0.2, 0) is 20.5 Å². The van der Waals surface area contributed by atoms with Crippen LogP contribution < -0.4 is 16.6 Å². The average molecular weight is 413 g/mol. The molecule has 156 valence electrons. The molecular weight excluding hydrogens is 390 g/mol. The number of rotatable bonds is 3. The van der Waals surface area contributed by atoms with Gasteiger partial charge in [-0.25, -0.2) is 4.79 Å². The van der Waals surface area contributed by atoms with Crippen molar-refractivity contribution in [2.45, 2.75) is 25.7 Å². The number of carbonyl (C=O) groups is 1. The van der Waals surface area contributed by atoms with E-state index >= 15 is 0 Å². The van der Waals surface area contributed by atoms with Crippen LogP contribution in [0.5, 0.6) is 0 Å². The Hall–Kier alpha value is -3.67. The van der Waals surface area contributed by atoms with Gasteiger partial charge in [0, 0.05) is 36.7 Å². The zero-order valence-corrected chi connectivity index (χ0v) is 17.7. The van der Waals surface area contributed by atoms with E-state index in [4.69, 9.17) is 0 Å². The molecule has 1 aliphatic carbocycles. The summed E-state index contributed by atoms with van der Waals surface area (Å²) in [4.78, 5) is 39.4. The van der Waals surface area contributed by atoms with Gasteiger partial charge in [-0.15, -0.1) is 0 Å². The third kappa shape index (κ3) is 2.68. The largest absolute Gasteiger partial charge is 0.340 e. The SMILES string of the molecule is CCCc1ccc([C@H]2C3=C(Nc4c2c(=O)n(C)c(=O)n4C)c2ccccc2C3=O)cc1. The van der Waals surface area contributed by atoms with Gasteiger partial charge < -0.3 is 5.32 Å². The van der Waals surface area contributed by atoms with Gasteiger partial charge in [-0.05, 0) is 17.5 Å². The Balaban J connectivity index is 1.82. The molecule has 6 heteroatoms. The van der Waals surface area contributed by atoms with E-state index in [9.17, 15) is 14.4 Å². The van der Waals surface area contributed by atoms with E-state index in [1.807, 2.05) is 30.3 Å². The molecular formula is C25H23N3O3. The predicted octanol–water partition coefficient (Wildman–Crippen LogP) is 3.20. The third-order valence-electron chi connectivity index (χ3n) is 6.33. The summed E-state index contributed by atoms with van der Waals surface area (Å²) in [6.07, 6.45) is 2.01. The summed E-state index contributed by atoms with van der Waals surface area (Å²) in [6, 6.07) is 15.5. The Morgan fingerprint density at radius 3 is 2.26 bits per heavy atom. The highest BCUT2D eigenvalue weighted by Gasteiger charge is 2.42.